The molecule has 0 radical (unpaired) electrons. The largest absolute Gasteiger partial charge is 0.483 e. The van der Waals surface area contributed by atoms with E-state index in [0.29, 0.717) is 28.1 Å². The molecule has 3 amide bonds. The highest BCUT2D eigenvalue weighted by molar-refractivity contribution is 9.10. The highest BCUT2D eigenvalue weighted by Crippen LogP contribution is 2.22. The number of anilines is 1. The number of nitrogens with zero attached hydrogens (tertiary/aromatic N) is 1. The molecule has 9 nitrogen and oxygen atoms in total. The Morgan fingerprint density at radius 2 is 1.97 bits per heavy atom. The van der Waals surface area contributed by atoms with E-state index in [2.05, 4.69) is 37.1 Å². The quantitative estimate of drug-likeness (QED) is 0.280. The number of carbonyl (C=O) groups excluding carboxylic acids is 3. The molecule has 1 heterocycles. The summed E-state index contributed by atoms with van der Waals surface area (Å²) in [6.07, 6.45) is 2.99. The Labute approximate surface area is 197 Å². The second kappa shape index (κ2) is 12.1. The van der Waals surface area contributed by atoms with Gasteiger partial charge in [-0.05, 0) is 55.3 Å². The van der Waals surface area contributed by atoms with E-state index >= 15 is 0 Å². The third-order valence-electron chi connectivity index (χ3n) is 4.55. The zero-order valence-electron chi connectivity index (χ0n) is 17.5. The molecule has 3 N–H and O–H groups in total. The van der Waals surface area contributed by atoms with Gasteiger partial charge in [0, 0.05) is 28.9 Å². The second-order valence-electron chi connectivity index (χ2n) is 7.07. The lowest BCUT2D eigenvalue weighted by Crippen LogP contribution is -2.41. The van der Waals surface area contributed by atoms with Gasteiger partial charge in [0.2, 0.25) is 0 Å². The molecule has 174 valence electrons. The van der Waals surface area contributed by atoms with E-state index in [0.717, 1.165) is 12.8 Å². The SMILES string of the molecule is O=C(COc1ccc(Br)cc1/C=N\NC(=O)C(=O)NC[C@@H]1CCCO1)Nc1ccc(F)cc1. The third kappa shape index (κ3) is 7.95. The van der Waals surface area contributed by atoms with Crippen LogP contribution in [0.2, 0.25) is 0 Å². The number of hydrogen-bond acceptors (Lipinski definition) is 6. The highest BCUT2D eigenvalue weighted by Gasteiger charge is 2.19. The molecule has 2 aromatic rings. The van der Waals surface area contributed by atoms with Gasteiger partial charge in [0.05, 0.1) is 12.3 Å². The van der Waals surface area contributed by atoms with E-state index in [1.54, 1.807) is 18.2 Å². The number of benzene rings is 2. The Bertz CT molecular complexity index is 1030. The smallest absolute Gasteiger partial charge is 0.329 e. The monoisotopic (exact) mass is 520 g/mol. The normalized spacial score (nSPS) is 15.3. The van der Waals surface area contributed by atoms with Crippen LogP contribution in [0.1, 0.15) is 18.4 Å². The molecule has 1 fully saturated rings. The standard InChI is InChI=1S/C22H22BrFN4O5/c23-15-3-8-19(33-13-20(29)27-17-6-4-16(24)5-7-17)14(10-15)11-26-28-22(31)21(30)25-12-18-2-1-9-32-18/h3-8,10-11,18H,1-2,9,12-13H2,(H,25,30)(H,27,29)(H,28,31)/b26-11-/t18-/m0/s1. The molecule has 0 aromatic heterocycles. The number of hydrazone groups is 1. The van der Waals surface area contributed by atoms with Crippen molar-refractivity contribution in [3.8, 4) is 5.75 Å². The lowest BCUT2D eigenvalue weighted by Gasteiger charge is -2.10. The number of carbonyl (C=O) groups is 3. The van der Waals surface area contributed by atoms with Crippen LogP contribution in [0, 0.1) is 5.82 Å². The molecule has 0 aliphatic carbocycles. The van der Waals surface area contributed by atoms with Crippen LogP contribution in [0.15, 0.2) is 52.0 Å². The van der Waals surface area contributed by atoms with Crippen LogP contribution in [-0.2, 0) is 19.1 Å². The minimum absolute atomic E-state index is 0.0770. The van der Waals surface area contributed by atoms with Crippen LogP contribution in [0.3, 0.4) is 0 Å². The average molecular weight is 521 g/mol. The summed E-state index contributed by atoms with van der Waals surface area (Å²) in [5.74, 6) is -2.25. The van der Waals surface area contributed by atoms with Crippen molar-refractivity contribution in [3.63, 3.8) is 0 Å². The van der Waals surface area contributed by atoms with Gasteiger partial charge in [0.15, 0.2) is 6.61 Å². The lowest BCUT2D eigenvalue weighted by molar-refractivity contribution is -0.139. The van der Waals surface area contributed by atoms with Crippen molar-refractivity contribution in [2.75, 3.05) is 25.1 Å². The van der Waals surface area contributed by atoms with Gasteiger partial charge in [-0.15, -0.1) is 0 Å². The first-order valence-electron chi connectivity index (χ1n) is 10.1. The van der Waals surface area contributed by atoms with Crippen molar-refractivity contribution in [2.45, 2.75) is 18.9 Å². The molecule has 1 saturated heterocycles. The number of rotatable bonds is 8. The van der Waals surface area contributed by atoms with E-state index in [1.165, 1.54) is 30.5 Å². The Kier molecular flexibility index (Phi) is 8.90. The molecule has 0 bridgehead atoms. The van der Waals surface area contributed by atoms with Gasteiger partial charge in [0.25, 0.3) is 5.91 Å². The Morgan fingerprint density at radius 3 is 2.70 bits per heavy atom. The number of halogens is 2. The first-order chi connectivity index (χ1) is 15.9. The Hall–Kier alpha value is -3.31. The second-order valence-corrected chi connectivity index (χ2v) is 7.99. The molecule has 1 aliphatic heterocycles. The fraction of sp³-hybridized carbons (Fsp3) is 0.273. The van der Waals surface area contributed by atoms with Crippen LogP contribution >= 0.6 is 15.9 Å². The van der Waals surface area contributed by atoms with E-state index in [-0.39, 0.29) is 19.3 Å². The Balaban J connectivity index is 1.51. The van der Waals surface area contributed by atoms with E-state index in [1.807, 2.05) is 0 Å². The maximum atomic E-state index is 13.0. The molecule has 1 atom stereocenters. The van der Waals surface area contributed by atoms with E-state index < -0.39 is 23.5 Å². The first kappa shape index (κ1) is 24.3. The highest BCUT2D eigenvalue weighted by atomic mass is 79.9. The van der Waals surface area contributed by atoms with Crippen molar-refractivity contribution in [1.29, 1.82) is 0 Å². The minimum Gasteiger partial charge on any atom is -0.483 e. The summed E-state index contributed by atoms with van der Waals surface area (Å²) in [5.41, 5.74) is 3.04. The van der Waals surface area contributed by atoms with Crippen molar-refractivity contribution in [2.24, 2.45) is 5.10 Å². The summed E-state index contributed by atoms with van der Waals surface area (Å²) in [7, 11) is 0. The number of amides is 3. The molecule has 33 heavy (non-hydrogen) atoms. The summed E-state index contributed by atoms with van der Waals surface area (Å²) < 4.78 is 24.6. The van der Waals surface area contributed by atoms with Crippen molar-refractivity contribution in [1.82, 2.24) is 10.7 Å². The van der Waals surface area contributed by atoms with Gasteiger partial charge in [-0.1, -0.05) is 15.9 Å². The van der Waals surface area contributed by atoms with Gasteiger partial charge in [0.1, 0.15) is 11.6 Å². The molecule has 0 unspecified atom stereocenters. The third-order valence-corrected chi connectivity index (χ3v) is 5.04. The van der Waals surface area contributed by atoms with Crippen LogP contribution in [0.25, 0.3) is 0 Å². The zero-order chi connectivity index (χ0) is 23.6. The van der Waals surface area contributed by atoms with Gasteiger partial charge < -0.3 is 20.1 Å². The zero-order valence-corrected chi connectivity index (χ0v) is 19.1. The van der Waals surface area contributed by atoms with Crippen molar-refractivity contribution >= 4 is 45.6 Å². The molecule has 0 saturated carbocycles. The summed E-state index contributed by atoms with van der Waals surface area (Å²) in [4.78, 5) is 35.9. The molecule has 0 spiro atoms. The minimum atomic E-state index is -0.916. The lowest BCUT2D eigenvalue weighted by atomic mass is 10.2. The predicted molar refractivity (Wildman–Crippen MR) is 122 cm³/mol. The molecular formula is C22H22BrFN4O5. The topological polar surface area (TPSA) is 118 Å². The van der Waals surface area contributed by atoms with Crippen LogP contribution in [0.5, 0.6) is 5.75 Å². The number of nitrogens with one attached hydrogen (secondary N) is 3. The van der Waals surface area contributed by atoms with Crippen molar-refractivity contribution < 1.29 is 28.2 Å². The van der Waals surface area contributed by atoms with E-state index in [4.69, 9.17) is 9.47 Å². The molecular weight excluding hydrogens is 499 g/mol. The van der Waals surface area contributed by atoms with Gasteiger partial charge in [-0.2, -0.15) is 5.10 Å². The van der Waals surface area contributed by atoms with Crippen molar-refractivity contribution in [3.05, 3.63) is 58.3 Å². The van der Waals surface area contributed by atoms with Gasteiger partial charge in [-0.3, -0.25) is 14.4 Å². The van der Waals surface area contributed by atoms with Gasteiger partial charge in [-0.25, -0.2) is 9.82 Å². The molecule has 2 aromatic carbocycles. The average Bonchev–Trinajstić information content (AvgIpc) is 3.32. The first-order valence-corrected chi connectivity index (χ1v) is 10.9. The van der Waals surface area contributed by atoms with Gasteiger partial charge >= 0.3 is 11.8 Å². The Morgan fingerprint density at radius 1 is 1.18 bits per heavy atom. The predicted octanol–water partition coefficient (Wildman–Crippen LogP) is 2.35. The molecule has 1 aliphatic rings. The maximum absolute atomic E-state index is 13.0. The van der Waals surface area contributed by atoms with Crippen LogP contribution in [-0.4, -0.2) is 49.8 Å². The van der Waals surface area contributed by atoms with Crippen LogP contribution in [0.4, 0.5) is 10.1 Å². The summed E-state index contributed by atoms with van der Waals surface area (Å²) in [6.45, 7) is 0.611. The fourth-order valence-electron chi connectivity index (χ4n) is 2.93. The summed E-state index contributed by atoms with van der Waals surface area (Å²) in [5, 5.41) is 8.88. The molecule has 11 heteroatoms. The summed E-state index contributed by atoms with van der Waals surface area (Å²) in [6, 6.07) is 10.3. The molecule has 3 rings (SSSR count). The van der Waals surface area contributed by atoms with Crippen LogP contribution < -0.4 is 20.8 Å². The number of ether oxygens (including phenoxy) is 2. The maximum Gasteiger partial charge on any atom is 0.329 e. The fourth-order valence-corrected chi connectivity index (χ4v) is 3.31. The van der Waals surface area contributed by atoms with E-state index in [9.17, 15) is 18.8 Å². The number of hydrogen-bond donors (Lipinski definition) is 3. The summed E-state index contributed by atoms with van der Waals surface area (Å²) >= 11 is 3.33.